The van der Waals surface area contributed by atoms with Gasteiger partial charge in [-0.25, -0.2) is 4.68 Å². The van der Waals surface area contributed by atoms with Crippen LogP contribution >= 0.6 is 11.3 Å². The average molecular weight is 403 g/mol. The summed E-state index contributed by atoms with van der Waals surface area (Å²) in [6.07, 6.45) is 0. The van der Waals surface area contributed by atoms with E-state index in [4.69, 9.17) is 0 Å². The predicted molar refractivity (Wildman–Crippen MR) is 118 cm³/mol. The number of aromatic nitrogens is 2. The first-order valence-electron chi connectivity index (χ1n) is 9.44. The molecule has 0 aliphatic carbocycles. The van der Waals surface area contributed by atoms with Crippen molar-refractivity contribution in [3.8, 4) is 5.69 Å². The Bertz CT molecular complexity index is 1060. The number of aryl methyl sites for hydroxylation is 1. The van der Waals surface area contributed by atoms with Crippen molar-refractivity contribution in [2.75, 3.05) is 11.9 Å². The lowest BCUT2D eigenvalue weighted by Crippen LogP contribution is -2.32. The molecule has 0 bridgehead atoms. The highest BCUT2D eigenvalue weighted by atomic mass is 32.1. The molecular formula is C23H22N4OS. The number of para-hydroxylation sites is 1. The van der Waals surface area contributed by atoms with Gasteiger partial charge >= 0.3 is 0 Å². The van der Waals surface area contributed by atoms with Crippen LogP contribution in [0.2, 0.25) is 0 Å². The largest absolute Gasteiger partial charge is 0.309 e. The fourth-order valence-corrected chi connectivity index (χ4v) is 4.05. The lowest BCUT2D eigenvalue weighted by atomic mass is 10.1. The lowest BCUT2D eigenvalue weighted by molar-refractivity contribution is -0.115. The monoisotopic (exact) mass is 402 g/mol. The topological polar surface area (TPSA) is 59.0 Å². The van der Waals surface area contributed by atoms with Crippen molar-refractivity contribution < 1.29 is 4.79 Å². The van der Waals surface area contributed by atoms with Gasteiger partial charge in [-0.1, -0.05) is 54.6 Å². The van der Waals surface area contributed by atoms with Gasteiger partial charge in [0.2, 0.25) is 5.91 Å². The Morgan fingerprint density at radius 2 is 1.76 bits per heavy atom. The molecule has 2 heterocycles. The maximum Gasteiger partial charge on any atom is 0.239 e. The van der Waals surface area contributed by atoms with E-state index < -0.39 is 0 Å². The Hall–Kier alpha value is -3.22. The summed E-state index contributed by atoms with van der Waals surface area (Å²) < 4.78 is 1.75. The number of anilines is 1. The van der Waals surface area contributed by atoms with Gasteiger partial charge in [0.25, 0.3) is 0 Å². The van der Waals surface area contributed by atoms with E-state index in [0.717, 1.165) is 16.9 Å². The van der Waals surface area contributed by atoms with Gasteiger partial charge in [-0.2, -0.15) is 5.10 Å². The number of carbonyl (C=O) groups is 1. The Labute approximate surface area is 174 Å². The Kier molecular flexibility index (Phi) is 5.84. The van der Waals surface area contributed by atoms with Gasteiger partial charge in [0.05, 0.1) is 24.0 Å². The van der Waals surface area contributed by atoms with Crippen molar-refractivity contribution in [3.05, 3.63) is 100 Å². The summed E-state index contributed by atoms with van der Waals surface area (Å²) in [6.45, 7) is 2.10. The molecule has 0 saturated carbocycles. The molecule has 6 heteroatoms. The molecule has 0 aliphatic rings. The van der Waals surface area contributed by atoms with E-state index in [2.05, 4.69) is 33.9 Å². The maximum absolute atomic E-state index is 12.7. The van der Waals surface area contributed by atoms with Crippen molar-refractivity contribution in [1.29, 1.82) is 0 Å². The van der Waals surface area contributed by atoms with E-state index in [1.165, 1.54) is 4.88 Å². The summed E-state index contributed by atoms with van der Waals surface area (Å²) >= 11 is 1.68. The molecule has 4 aromatic rings. The van der Waals surface area contributed by atoms with E-state index in [-0.39, 0.29) is 18.5 Å². The molecule has 29 heavy (non-hydrogen) atoms. The second-order valence-corrected chi connectivity index (χ2v) is 7.69. The number of carbonyl (C=O) groups excluding carboxylic acids is 1. The first kappa shape index (κ1) is 19.1. The van der Waals surface area contributed by atoms with Crippen LogP contribution in [0.4, 0.5) is 5.82 Å². The molecule has 2 aromatic heterocycles. The first-order chi connectivity index (χ1) is 14.2. The second kappa shape index (κ2) is 8.86. The van der Waals surface area contributed by atoms with E-state index in [9.17, 15) is 4.79 Å². The average Bonchev–Trinajstić information content (AvgIpc) is 3.40. The van der Waals surface area contributed by atoms with Crippen LogP contribution in [0.25, 0.3) is 5.69 Å². The zero-order valence-corrected chi connectivity index (χ0v) is 16.9. The predicted octanol–water partition coefficient (Wildman–Crippen LogP) is 4.56. The van der Waals surface area contributed by atoms with Crippen molar-refractivity contribution in [2.45, 2.75) is 13.0 Å². The molecular weight excluding hydrogens is 380 g/mol. The normalized spacial score (nSPS) is 11.9. The van der Waals surface area contributed by atoms with Gasteiger partial charge in [0.15, 0.2) is 0 Å². The van der Waals surface area contributed by atoms with Crippen LogP contribution in [0.1, 0.15) is 22.2 Å². The molecule has 2 N–H and O–H groups in total. The molecule has 0 aliphatic heterocycles. The second-order valence-electron chi connectivity index (χ2n) is 6.71. The van der Waals surface area contributed by atoms with Gasteiger partial charge in [0, 0.05) is 10.9 Å². The number of benzene rings is 2. The molecule has 2 aromatic carbocycles. The van der Waals surface area contributed by atoms with Crippen molar-refractivity contribution in [2.24, 2.45) is 0 Å². The van der Waals surface area contributed by atoms with Gasteiger partial charge in [-0.05, 0) is 36.1 Å². The van der Waals surface area contributed by atoms with E-state index >= 15 is 0 Å². The number of nitrogens with one attached hydrogen (secondary N) is 2. The van der Waals surface area contributed by atoms with E-state index in [0.29, 0.717) is 5.82 Å². The maximum atomic E-state index is 12.7. The number of nitrogens with zero attached hydrogens (tertiary/aromatic N) is 2. The van der Waals surface area contributed by atoms with Gasteiger partial charge in [-0.3, -0.25) is 10.1 Å². The summed E-state index contributed by atoms with van der Waals surface area (Å²) in [7, 11) is 0. The molecule has 146 valence electrons. The molecule has 1 atom stereocenters. The molecule has 0 unspecified atom stereocenters. The van der Waals surface area contributed by atoms with Crippen LogP contribution in [-0.4, -0.2) is 22.2 Å². The minimum absolute atomic E-state index is 0.0253. The Balaban J connectivity index is 1.48. The van der Waals surface area contributed by atoms with E-state index in [1.807, 2.05) is 73.0 Å². The summed E-state index contributed by atoms with van der Waals surface area (Å²) in [5.41, 5.74) is 2.88. The first-order valence-corrected chi connectivity index (χ1v) is 10.3. The number of hydrogen-bond donors (Lipinski definition) is 2. The third kappa shape index (κ3) is 4.62. The molecule has 0 spiro atoms. The summed E-state index contributed by atoms with van der Waals surface area (Å²) in [4.78, 5) is 13.9. The zero-order chi connectivity index (χ0) is 20.1. The van der Waals surface area contributed by atoms with Gasteiger partial charge in [-0.15, -0.1) is 11.3 Å². The van der Waals surface area contributed by atoms with Crippen molar-refractivity contribution in [1.82, 2.24) is 15.1 Å². The van der Waals surface area contributed by atoms with Crippen LogP contribution < -0.4 is 10.6 Å². The number of rotatable bonds is 7. The van der Waals surface area contributed by atoms with Crippen LogP contribution in [-0.2, 0) is 4.79 Å². The highest BCUT2D eigenvalue weighted by Gasteiger charge is 2.17. The number of thiophene rings is 1. The molecule has 5 nitrogen and oxygen atoms in total. The zero-order valence-electron chi connectivity index (χ0n) is 16.1. The van der Waals surface area contributed by atoms with Crippen LogP contribution in [0, 0.1) is 6.92 Å². The molecule has 4 rings (SSSR count). The quantitative estimate of drug-likeness (QED) is 0.476. The highest BCUT2D eigenvalue weighted by molar-refractivity contribution is 7.10. The summed E-state index contributed by atoms with van der Waals surface area (Å²) in [5, 5.41) is 12.9. The fraction of sp³-hybridized carbons (Fsp3) is 0.130. The van der Waals surface area contributed by atoms with E-state index in [1.54, 1.807) is 16.0 Å². The standard InChI is InChI=1S/C23H22N4OS/c1-17-15-21(27(26-17)19-11-6-3-7-12-19)25-22(28)16-24-23(20-13-8-14-29-20)18-9-4-2-5-10-18/h2-15,23-24H,16H2,1H3,(H,25,28)/t23-/m1/s1. The summed E-state index contributed by atoms with van der Waals surface area (Å²) in [6, 6.07) is 25.9. The van der Waals surface area contributed by atoms with Crippen LogP contribution in [0.5, 0.6) is 0 Å². The Morgan fingerprint density at radius 1 is 1.03 bits per heavy atom. The van der Waals surface area contributed by atoms with Crippen molar-refractivity contribution >= 4 is 23.1 Å². The van der Waals surface area contributed by atoms with Gasteiger partial charge in [0.1, 0.15) is 5.82 Å². The number of hydrogen-bond acceptors (Lipinski definition) is 4. The lowest BCUT2D eigenvalue weighted by Gasteiger charge is -2.18. The highest BCUT2D eigenvalue weighted by Crippen LogP contribution is 2.25. The molecule has 1 amide bonds. The smallest absolute Gasteiger partial charge is 0.239 e. The van der Waals surface area contributed by atoms with Crippen LogP contribution in [0.15, 0.2) is 84.2 Å². The molecule has 0 radical (unpaired) electrons. The molecule has 0 fully saturated rings. The molecule has 0 saturated heterocycles. The van der Waals surface area contributed by atoms with Crippen LogP contribution in [0.3, 0.4) is 0 Å². The Morgan fingerprint density at radius 3 is 2.45 bits per heavy atom. The number of amides is 1. The van der Waals surface area contributed by atoms with Gasteiger partial charge < -0.3 is 5.32 Å². The fourth-order valence-electron chi connectivity index (χ4n) is 3.22. The minimum atomic E-state index is -0.112. The van der Waals surface area contributed by atoms with Crippen molar-refractivity contribution in [3.63, 3.8) is 0 Å². The minimum Gasteiger partial charge on any atom is -0.309 e. The SMILES string of the molecule is Cc1cc(NC(=O)CN[C@H](c2ccccc2)c2cccs2)n(-c2ccccc2)n1. The third-order valence-electron chi connectivity index (χ3n) is 4.53. The third-order valence-corrected chi connectivity index (χ3v) is 5.46. The summed E-state index contributed by atoms with van der Waals surface area (Å²) in [5.74, 6) is 0.549.